The van der Waals surface area contributed by atoms with Crippen molar-refractivity contribution < 1.29 is 19.4 Å². The standard InChI is InChI=1S/C9H12O4/c1-3-5(10)7-8(11)6(4-2)13-9(7)12/h6,11H,3-4H2,1-2H3. The van der Waals surface area contributed by atoms with E-state index in [1.807, 2.05) is 0 Å². The molecule has 0 amide bonds. The molecule has 0 aromatic carbocycles. The molecule has 1 N–H and O–H groups in total. The van der Waals surface area contributed by atoms with Crippen LogP contribution in [0.15, 0.2) is 11.3 Å². The number of ether oxygens (including phenoxy) is 1. The highest BCUT2D eigenvalue weighted by atomic mass is 16.6. The molecule has 1 rings (SSSR count). The van der Waals surface area contributed by atoms with Gasteiger partial charge in [-0.1, -0.05) is 13.8 Å². The predicted octanol–water partition coefficient (Wildman–Crippen LogP) is 1.11. The summed E-state index contributed by atoms with van der Waals surface area (Å²) in [6, 6.07) is 0. The van der Waals surface area contributed by atoms with Gasteiger partial charge in [-0.15, -0.1) is 0 Å². The molecule has 1 atom stereocenters. The van der Waals surface area contributed by atoms with Crippen molar-refractivity contribution in [3.63, 3.8) is 0 Å². The van der Waals surface area contributed by atoms with E-state index in [1.165, 1.54) is 0 Å². The van der Waals surface area contributed by atoms with E-state index in [1.54, 1.807) is 13.8 Å². The van der Waals surface area contributed by atoms with E-state index in [4.69, 9.17) is 4.74 Å². The summed E-state index contributed by atoms with van der Waals surface area (Å²) < 4.78 is 4.77. The van der Waals surface area contributed by atoms with Crippen LogP contribution in [0.3, 0.4) is 0 Å². The van der Waals surface area contributed by atoms with Crippen LogP contribution in [-0.4, -0.2) is 23.0 Å². The Kier molecular flexibility index (Phi) is 2.70. The second-order valence-electron chi connectivity index (χ2n) is 2.84. The lowest BCUT2D eigenvalue weighted by molar-refractivity contribution is -0.141. The van der Waals surface area contributed by atoms with E-state index >= 15 is 0 Å². The molecule has 72 valence electrons. The van der Waals surface area contributed by atoms with Crippen molar-refractivity contribution in [1.82, 2.24) is 0 Å². The average Bonchev–Trinajstić information content (AvgIpc) is 2.40. The van der Waals surface area contributed by atoms with Crippen molar-refractivity contribution in [3.8, 4) is 0 Å². The molecule has 0 aromatic rings. The summed E-state index contributed by atoms with van der Waals surface area (Å²) in [6.45, 7) is 3.41. The van der Waals surface area contributed by atoms with E-state index in [9.17, 15) is 14.7 Å². The SMILES string of the molecule is CCC(=O)C1=C(O)C(CC)OC1=O. The smallest absolute Gasteiger partial charge is 0.346 e. The van der Waals surface area contributed by atoms with Gasteiger partial charge in [-0.2, -0.15) is 0 Å². The number of carbonyl (C=O) groups excluding carboxylic acids is 2. The predicted molar refractivity (Wildman–Crippen MR) is 45.1 cm³/mol. The Balaban J connectivity index is 2.98. The third-order valence-corrected chi connectivity index (χ3v) is 1.99. The molecule has 0 aromatic heterocycles. The number of hydrogen-bond acceptors (Lipinski definition) is 4. The van der Waals surface area contributed by atoms with Crippen LogP contribution in [0.5, 0.6) is 0 Å². The normalized spacial score (nSPS) is 22.0. The first-order valence-corrected chi connectivity index (χ1v) is 4.29. The Labute approximate surface area is 76.2 Å². The zero-order chi connectivity index (χ0) is 10.0. The zero-order valence-electron chi connectivity index (χ0n) is 7.66. The van der Waals surface area contributed by atoms with Gasteiger partial charge >= 0.3 is 5.97 Å². The lowest BCUT2D eigenvalue weighted by Gasteiger charge is -2.04. The van der Waals surface area contributed by atoms with E-state index in [0.29, 0.717) is 6.42 Å². The molecule has 0 aliphatic carbocycles. The number of hydrogen-bond donors (Lipinski definition) is 1. The van der Waals surface area contributed by atoms with Gasteiger partial charge in [0.15, 0.2) is 17.6 Å². The van der Waals surface area contributed by atoms with E-state index < -0.39 is 12.1 Å². The monoisotopic (exact) mass is 184 g/mol. The Hall–Kier alpha value is -1.32. The fourth-order valence-electron chi connectivity index (χ4n) is 1.22. The molecule has 0 fully saturated rings. The molecule has 4 nitrogen and oxygen atoms in total. The second-order valence-corrected chi connectivity index (χ2v) is 2.84. The number of ketones is 1. The number of esters is 1. The van der Waals surface area contributed by atoms with Gasteiger partial charge in [0.05, 0.1) is 0 Å². The lowest BCUT2D eigenvalue weighted by atomic mass is 10.1. The van der Waals surface area contributed by atoms with Crippen molar-refractivity contribution in [1.29, 1.82) is 0 Å². The Morgan fingerprint density at radius 1 is 1.54 bits per heavy atom. The lowest BCUT2D eigenvalue weighted by Crippen LogP contribution is -2.10. The molecular weight excluding hydrogens is 172 g/mol. The fraction of sp³-hybridized carbons (Fsp3) is 0.556. The number of cyclic esters (lactones) is 1. The van der Waals surface area contributed by atoms with E-state index in [-0.39, 0.29) is 23.5 Å². The van der Waals surface area contributed by atoms with Crippen LogP contribution in [0.1, 0.15) is 26.7 Å². The highest BCUT2D eigenvalue weighted by Crippen LogP contribution is 2.23. The van der Waals surface area contributed by atoms with Crippen molar-refractivity contribution in [2.45, 2.75) is 32.8 Å². The van der Waals surface area contributed by atoms with Crippen molar-refractivity contribution in [3.05, 3.63) is 11.3 Å². The Morgan fingerprint density at radius 2 is 2.15 bits per heavy atom. The summed E-state index contributed by atoms with van der Waals surface area (Å²) in [5.41, 5.74) is -0.172. The maximum Gasteiger partial charge on any atom is 0.346 e. The molecule has 0 radical (unpaired) electrons. The first-order valence-electron chi connectivity index (χ1n) is 4.29. The van der Waals surface area contributed by atoms with E-state index in [2.05, 4.69) is 0 Å². The summed E-state index contributed by atoms with van der Waals surface area (Å²) >= 11 is 0. The molecule has 0 saturated heterocycles. The molecule has 1 aliphatic rings. The minimum absolute atomic E-state index is 0.172. The van der Waals surface area contributed by atoms with Crippen LogP contribution >= 0.6 is 0 Å². The van der Waals surface area contributed by atoms with E-state index in [0.717, 1.165) is 0 Å². The summed E-state index contributed by atoms with van der Waals surface area (Å²) in [5, 5.41) is 9.43. The largest absolute Gasteiger partial charge is 0.507 e. The molecule has 0 saturated carbocycles. The molecule has 0 spiro atoms. The van der Waals surface area contributed by atoms with Gasteiger partial charge in [0, 0.05) is 6.42 Å². The molecule has 13 heavy (non-hydrogen) atoms. The first kappa shape index (κ1) is 9.77. The summed E-state index contributed by atoms with van der Waals surface area (Å²) in [4.78, 5) is 22.3. The van der Waals surface area contributed by atoms with Gasteiger partial charge in [0.2, 0.25) is 0 Å². The number of rotatable bonds is 3. The summed E-state index contributed by atoms with van der Waals surface area (Å²) in [5.74, 6) is -1.27. The quantitative estimate of drug-likeness (QED) is 0.527. The van der Waals surface area contributed by atoms with Gasteiger partial charge in [-0.3, -0.25) is 4.79 Å². The number of Topliss-reactive ketones (excluding diaryl/α,β-unsaturated/α-hetero) is 1. The highest BCUT2D eigenvalue weighted by Gasteiger charge is 2.36. The molecule has 1 unspecified atom stereocenters. The Morgan fingerprint density at radius 3 is 2.54 bits per heavy atom. The van der Waals surface area contributed by atoms with Crippen LogP contribution in [0.2, 0.25) is 0 Å². The zero-order valence-corrected chi connectivity index (χ0v) is 7.66. The number of aliphatic hydroxyl groups excluding tert-OH is 1. The molecular formula is C9H12O4. The van der Waals surface area contributed by atoms with Gasteiger partial charge in [0.25, 0.3) is 0 Å². The number of aliphatic hydroxyl groups is 1. The van der Waals surface area contributed by atoms with Crippen molar-refractivity contribution >= 4 is 11.8 Å². The average molecular weight is 184 g/mol. The van der Waals surface area contributed by atoms with Crippen molar-refractivity contribution in [2.24, 2.45) is 0 Å². The summed E-state index contributed by atoms with van der Waals surface area (Å²) in [6.07, 6.45) is 0.0567. The van der Waals surface area contributed by atoms with Crippen molar-refractivity contribution in [2.75, 3.05) is 0 Å². The van der Waals surface area contributed by atoms with Gasteiger partial charge in [0.1, 0.15) is 5.57 Å². The molecule has 1 heterocycles. The Bertz CT molecular complexity index is 277. The number of carbonyl (C=O) groups is 2. The van der Waals surface area contributed by atoms with Crippen LogP contribution in [0, 0.1) is 0 Å². The van der Waals surface area contributed by atoms with Crippen LogP contribution in [-0.2, 0) is 14.3 Å². The van der Waals surface area contributed by atoms with Crippen LogP contribution in [0.25, 0.3) is 0 Å². The van der Waals surface area contributed by atoms with Gasteiger partial charge in [-0.05, 0) is 6.42 Å². The minimum atomic E-state index is -0.698. The maximum atomic E-state index is 11.2. The van der Waals surface area contributed by atoms with Crippen LogP contribution in [0.4, 0.5) is 0 Å². The highest BCUT2D eigenvalue weighted by molar-refractivity contribution is 6.18. The molecule has 1 aliphatic heterocycles. The maximum absolute atomic E-state index is 11.2. The third kappa shape index (κ3) is 1.56. The van der Waals surface area contributed by atoms with Gasteiger partial charge in [-0.25, -0.2) is 4.79 Å². The third-order valence-electron chi connectivity index (χ3n) is 1.99. The molecule has 4 heteroatoms. The second kappa shape index (κ2) is 3.60. The molecule has 0 bridgehead atoms. The fourth-order valence-corrected chi connectivity index (χ4v) is 1.22. The minimum Gasteiger partial charge on any atom is -0.507 e. The first-order chi connectivity index (χ1) is 6.11. The topological polar surface area (TPSA) is 63.6 Å². The van der Waals surface area contributed by atoms with Gasteiger partial charge < -0.3 is 9.84 Å². The van der Waals surface area contributed by atoms with Crippen LogP contribution < -0.4 is 0 Å². The summed E-state index contributed by atoms with van der Waals surface area (Å²) in [7, 11) is 0.